The van der Waals surface area contributed by atoms with Crippen molar-refractivity contribution in [3.05, 3.63) is 11.1 Å². The maximum atomic E-state index is 13.7. The molecule has 0 bridgehead atoms. The number of Topliss-reactive ketones (excluding diaryl/α,β-unsaturated/α-hetero) is 1. The summed E-state index contributed by atoms with van der Waals surface area (Å²) in [6, 6.07) is 0. The quantitative estimate of drug-likeness (QED) is 0.774. The first-order valence-electron chi connectivity index (χ1n) is 9.79. The molecule has 3 aliphatic carbocycles. The lowest BCUT2D eigenvalue weighted by atomic mass is 9.68. The molecule has 2 saturated carbocycles. The minimum Gasteiger partial charge on any atom is -0.463 e. The normalized spacial score (nSPS) is 44.2. The lowest BCUT2D eigenvalue weighted by Crippen LogP contribution is -2.37. The Morgan fingerprint density at radius 3 is 2.60 bits per heavy atom. The summed E-state index contributed by atoms with van der Waals surface area (Å²) in [5.41, 5.74) is -0.0285. The number of carbonyl (C=O) groups is 2. The van der Waals surface area contributed by atoms with E-state index in [1.165, 1.54) is 0 Å². The van der Waals surface area contributed by atoms with Gasteiger partial charge in [-0.15, -0.1) is 0 Å². The van der Waals surface area contributed by atoms with Gasteiger partial charge in [0, 0.05) is 16.6 Å². The van der Waals surface area contributed by atoms with Crippen molar-refractivity contribution < 1.29 is 19.4 Å². The Hall–Kier alpha value is -1.16. The van der Waals surface area contributed by atoms with E-state index in [4.69, 9.17) is 4.74 Å². The molecule has 0 heterocycles. The van der Waals surface area contributed by atoms with E-state index in [1.54, 1.807) is 6.92 Å². The van der Waals surface area contributed by atoms with Crippen LogP contribution in [0.25, 0.3) is 0 Å². The molecule has 0 radical (unpaired) electrons. The van der Waals surface area contributed by atoms with Crippen LogP contribution in [0.3, 0.4) is 0 Å². The Kier molecular flexibility index (Phi) is 4.64. The second kappa shape index (κ2) is 6.22. The molecule has 3 rings (SSSR count). The molecule has 0 saturated heterocycles. The number of ketones is 1. The molecule has 0 aromatic rings. The van der Waals surface area contributed by atoms with Crippen LogP contribution >= 0.6 is 0 Å². The molecule has 1 N–H and O–H groups in total. The highest BCUT2D eigenvalue weighted by Gasteiger charge is 2.58. The summed E-state index contributed by atoms with van der Waals surface area (Å²) < 4.78 is 5.31. The Morgan fingerprint density at radius 1 is 1.28 bits per heavy atom. The van der Waals surface area contributed by atoms with Crippen molar-refractivity contribution >= 4 is 11.8 Å². The highest BCUT2D eigenvalue weighted by molar-refractivity contribution is 6.07. The first-order chi connectivity index (χ1) is 11.6. The monoisotopic (exact) mass is 348 g/mol. The van der Waals surface area contributed by atoms with Crippen molar-refractivity contribution in [1.29, 1.82) is 0 Å². The zero-order valence-electron chi connectivity index (χ0n) is 16.2. The van der Waals surface area contributed by atoms with Gasteiger partial charge < -0.3 is 9.84 Å². The fourth-order valence-corrected chi connectivity index (χ4v) is 5.86. The molecule has 0 aliphatic heterocycles. The molecule has 3 aliphatic rings. The van der Waals surface area contributed by atoms with Gasteiger partial charge in [-0.2, -0.15) is 0 Å². The van der Waals surface area contributed by atoms with Crippen LogP contribution in [0.4, 0.5) is 0 Å². The molecule has 6 atom stereocenters. The molecule has 25 heavy (non-hydrogen) atoms. The SMILES string of the molecule is CCOC(=O)C1=C2C(=O)[C@@]3(C)C[C@@](C)(O)C[C@H]3C[C@H](C)C2CC[C@@H]1C. The topological polar surface area (TPSA) is 63.6 Å². The summed E-state index contributed by atoms with van der Waals surface area (Å²) in [5, 5.41) is 10.6. The van der Waals surface area contributed by atoms with Crippen molar-refractivity contribution in [3.63, 3.8) is 0 Å². The number of aliphatic hydroxyl groups is 1. The average Bonchev–Trinajstić information content (AvgIpc) is 2.72. The van der Waals surface area contributed by atoms with Crippen molar-refractivity contribution in [3.8, 4) is 0 Å². The Labute approximate surface area is 151 Å². The maximum absolute atomic E-state index is 13.7. The van der Waals surface area contributed by atoms with Gasteiger partial charge in [0.05, 0.1) is 12.2 Å². The Bertz CT molecular complexity index is 617. The van der Waals surface area contributed by atoms with Crippen molar-refractivity contribution in [2.45, 2.75) is 72.3 Å². The number of fused-ring (bicyclic) bond motifs is 2. The number of allylic oxidation sites excluding steroid dienone is 1. The third-order valence-corrected chi connectivity index (χ3v) is 7.00. The van der Waals surface area contributed by atoms with E-state index in [0.717, 1.165) is 24.8 Å². The molecule has 0 amide bonds. The number of ether oxygens (including phenoxy) is 1. The number of rotatable bonds is 2. The summed E-state index contributed by atoms with van der Waals surface area (Å²) in [5.74, 6) is 0.513. The lowest BCUT2D eigenvalue weighted by molar-refractivity contribution is -0.140. The summed E-state index contributed by atoms with van der Waals surface area (Å²) in [6.07, 6.45) is 3.99. The summed E-state index contributed by atoms with van der Waals surface area (Å²) in [4.78, 5) is 26.4. The Morgan fingerprint density at radius 2 is 1.96 bits per heavy atom. The van der Waals surface area contributed by atoms with Gasteiger partial charge in [-0.05, 0) is 69.6 Å². The van der Waals surface area contributed by atoms with E-state index in [1.807, 2.05) is 20.8 Å². The number of hydrogen-bond acceptors (Lipinski definition) is 4. The molecule has 0 spiro atoms. The predicted octanol–water partition coefficient (Wildman–Crippen LogP) is 3.67. The molecule has 140 valence electrons. The van der Waals surface area contributed by atoms with Crippen molar-refractivity contribution in [2.24, 2.45) is 29.1 Å². The molecule has 4 heteroatoms. The third-order valence-electron chi connectivity index (χ3n) is 7.00. The van der Waals surface area contributed by atoms with Crippen LogP contribution in [0.1, 0.15) is 66.7 Å². The minimum absolute atomic E-state index is 0.0588. The van der Waals surface area contributed by atoms with Gasteiger partial charge in [0.15, 0.2) is 5.78 Å². The van der Waals surface area contributed by atoms with Gasteiger partial charge in [-0.3, -0.25) is 4.79 Å². The summed E-state index contributed by atoms with van der Waals surface area (Å²) in [7, 11) is 0. The fraction of sp³-hybridized carbons (Fsp3) is 0.810. The van der Waals surface area contributed by atoms with Gasteiger partial charge in [0.2, 0.25) is 0 Å². The highest BCUT2D eigenvalue weighted by Crippen LogP contribution is 2.58. The molecule has 4 nitrogen and oxygen atoms in total. The zero-order valence-corrected chi connectivity index (χ0v) is 16.2. The van der Waals surface area contributed by atoms with Crippen LogP contribution in [0, 0.1) is 29.1 Å². The first kappa shape index (κ1) is 18.6. The molecule has 0 aromatic heterocycles. The van der Waals surface area contributed by atoms with Crippen molar-refractivity contribution in [1.82, 2.24) is 0 Å². The van der Waals surface area contributed by atoms with Crippen LogP contribution in [0.5, 0.6) is 0 Å². The highest BCUT2D eigenvalue weighted by atomic mass is 16.5. The van der Waals surface area contributed by atoms with E-state index < -0.39 is 11.0 Å². The van der Waals surface area contributed by atoms with E-state index in [0.29, 0.717) is 30.9 Å². The Balaban J connectivity index is 2.14. The van der Waals surface area contributed by atoms with E-state index in [2.05, 4.69) is 6.92 Å². The van der Waals surface area contributed by atoms with Gasteiger partial charge in [0.1, 0.15) is 0 Å². The second-order valence-corrected chi connectivity index (χ2v) is 9.17. The van der Waals surface area contributed by atoms with Crippen LogP contribution in [0.15, 0.2) is 11.1 Å². The summed E-state index contributed by atoms with van der Waals surface area (Å²) in [6.45, 7) is 10.2. The standard InChI is InChI=1S/C21H32O4/c1-6-25-19(23)16-12(2)7-8-15-13(3)9-14-10-20(4,24)11-21(14,5)18(22)17(15)16/h12-15,24H,6-11H2,1-5H3/t12-,13-,14+,15?,20-,21-/m0/s1. The molecule has 2 fully saturated rings. The largest absolute Gasteiger partial charge is 0.463 e. The van der Waals surface area contributed by atoms with Gasteiger partial charge in [-0.25, -0.2) is 4.79 Å². The van der Waals surface area contributed by atoms with E-state index in [9.17, 15) is 14.7 Å². The van der Waals surface area contributed by atoms with E-state index >= 15 is 0 Å². The maximum Gasteiger partial charge on any atom is 0.334 e. The minimum atomic E-state index is -0.799. The first-order valence-corrected chi connectivity index (χ1v) is 9.79. The third kappa shape index (κ3) is 2.97. The number of hydrogen-bond donors (Lipinski definition) is 1. The molecule has 0 aromatic carbocycles. The van der Waals surface area contributed by atoms with Crippen LogP contribution in [-0.4, -0.2) is 29.1 Å². The molecule has 1 unspecified atom stereocenters. The average molecular weight is 348 g/mol. The lowest BCUT2D eigenvalue weighted by Gasteiger charge is -2.35. The van der Waals surface area contributed by atoms with Crippen molar-refractivity contribution in [2.75, 3.05) is 6.61 Å². The second-order valence-electron chi connectivity index (χ2n) is 9.17. The van der Waals surface area contributed by atoms with Crippen LogP contribution < -0.4 is 0 Å². The van der Waals surface area contributed by atoms with Crippen LogP contribution in [0.2, 0.25) is 0 Å². The number of esters is 1. The summed E-state index contributed by atoms with van der Waals surface area (Å²) >= 11 is 0. The number of carbonyl (C=O) groups excluding carboxylic acids is 2. The molecular formula is C21H32O4. The van der Waals surface area contributed by atoms with Crippen LogP contribution in [-0.2, 0) is 14.3 Å². The zero-order chi connectivity index (χ0) is 18.6. The smallest absolute Gasteiger partial charge is 0.334 e. The predicted molar refractivity (Wildman–Crippen MR) is 95.8 cm³/mol. The molecular weight excluding hydrogens is 316 g/mol. The van der Waals surface area contributed by atoms with Gasteiger partial charge in [0.25, 0.3) is 0 Å². The fourth-order valence-electron chi connectivity index (χ4n) is 5.86. The van der Waals surface area contributed by atoms with Gasteiger partial charge in [-0.1, -0.05) is 20.8 Å². The van der Waals surface area contributed by atoms with Gasteiger partial charge >= 0.3 is 5.97 Å². The van der Waals surface area contributed by atoms with E-state index in [-0.39, 0.29) is 29.5 Å².